The molecular weight excluding hydrogens is 305 g/mol. The molecule has 0 saturated heterocycles. The van der Waals surface area contributed by atoms with E-state index in [0.717, 1.165) is 22.0 Å². The summed E-state index contributed by atoms with van der Waals surface area (Å²) in [6, 6.07) is 14.6. The summed E-state index contributed by atoms with van der Waals surface area (Å²) in [5.41, 5.74) is 7.93. The van der Waals surface area contributed by atoms with Gasteiger partial charge in [0.2, 0.25) is 0 Å². The van der Waals surface area contributed by atoms with E-state index in [0.29, 0.717) is 6.42 Å². The van der Waals surface area contributed by atoms with Crippen molar-refractivity contribution in [2.24, 2.45) is 5.73 Å². The van der Waals surface area contributed by atoms with E-state index in [1.54, 1.807) is 6.07 Å². The Kier molecular flexibility index (Phi) is 4.38. The molecule has 3 heteroatoms. The maximum Gasteiger partial charge on any atom is 0.123 e. The topological polar surface area (TPSA) is 26.0 Å². The maximum absolute atomic E-state index is 13.4. The van der Waals surface area contributed by atoms with Gasteiger partial charge in [0.05, 0.1) is 0 Å². The van der Waals surface area contributed by atoms with Crippen LogP contribution in [0.3, 0.4) is 0 Å². The Hall–Kier alpha value is -1.19. The van der Waals surface area contributed by atoms with Gasteiger partial charge in [0, 0.05) is 10.0 Å². The fourth-order valence-corrected chi connectivity index (χ4v) is 2.69. The third-order valence-corrected chi connectivity index (χ3v) is 3.93. The highest BCUT2D eigenvalue weighted by Crippen LogP contribution is 2.28. The first-order valence-electron chi connectivity index (χ1n) is 6.33. The van der Waals surface area contributed by atoms with Gasteiger partial charge < -0.3 is 5.73 Å². The molecule has 0 saturated carbocycles. The summed E-state index contributed by atoms with van der Waals surface area (Å²) in [6.45, 7) is 2.03. The average molecular weight is 322 g/mol. The van der Waals surface area contributed by atoms with Gasteiger partial charge in [0.1, 0.15) is 5.82 Å². The van der Waals surface area contributed by atoms with E-state index in [-0.39, 0.29) is 5.82 Å². The largest absolute Gasteiger partial charge is 0.321 e. The predicted octanol–water partition coefficient (Wildman–Crippen LogP) is 4.39. The fourth-order valence-electron chi connectivity index (χ4n) is 2.24. The Labute approximate surface area is 121 Å². The van der Waals surface area contributed by atoms with Crippen LogP contribution < -0.4 is 5.73 Å². The summed E-state index contributed by atoms with van der Waals surface area (Å²) < 4.78 is 14.4. The van der Waals surface area contributed by atoms with Gasteiger partial charge >= 0.3 is 0 Å². The highest BCUT2D eigenvalue weighted by atomic mass is 79.9. The third-order valence-electron chi connectivity index (χ3n) is 3.44. The zero-order chi connectivity index (χ0) is 13.9. The quantitative estimate of drug-likeness (QED) is 0.887. The Morgan fingerprint density at radius 1 is 1.16 bits per heavy atom. The van der Waals surface area contributed by atoms with E-state index < -0.39 is 5.54 Å². The second-order valence-electron chi connectivity index (χ2n) is 4.83. The van der Waals surface area contributed by atoms with Gasteiger partial charge in [-0.3, -0.25) is 0 Å². The molecule has 1 atom stereocenters. The Balaban J connectivity index is 2.32. The normalized spacial score (nSPS) is 14.1. The molecule has 0 spiro atoms. The molecule has 1 nitrogen and oxygen atoms in total. The summed E-state index contributed by atoms with van der Waals surface area (Å²) in [6.07, 6.45) is 1.44. The fraction of sp³-hybridized carbons (Fsp3) is 0.250. The second-order valence-corrected chi connectivity index (χ2v) is 5.74. The van der Waals surface area contributed by atoms with E-state index in [9.17, 15) is 4.39 Å². The van der Waals surface area contributed by atoms with Crippen molar-refractivity contribution in [3.63, 3.8) is 0 Å². The lowest BCUT2D eigenvalue weighted by Gasteiger charge is -2.29. The van der Waals surface area contributed by atoms with Crippen LogP contribution in [0.5, 0.6) is 0 Å². The van der Waals surface area contributed by atoms with Gasteiger partial charge in [0.25, 0.3) is 0 Å². The van der Waals surface area contributed by atoms with Crippen LogP contribution in [-0.4, -0.2) is 0 Å². The van der Waals surface area contributed by atoms with Gasteiger partial charge in [0.15, 0.2) is 0 Å². The Bertz CT molecular complexity index is 570. The van der Waals surface area contributed by atoms with E-state index in [4.69, 9.17) is 5.73 Å². The molecule has 0 radical (unpaired) electrons. The number of rotatable bonds is 4. The van der Waals surface area contributed by atoms with Crippen molar-refractivity contribution in [3.8, 4) is 0 Å². The Morgan fingerprint density at radius 3 is 2.53 bits per heavy atom. The zero-order valence-corrected chi connectivity index (χ0v) is 12.5. The average Bonchev–Trinajstić information content (AvgIpc) is 2.38. The van der Waals surface area contributed by atoms with Crippen LogP contribution in [0.15, 0.2) is 53.0 Å². The monoisotopic (exact) mass is 321 g/mol. The number of benzene rings is 2. The van der Waals surface area contributed by atoms with Crippen LogP contribution in [0.2, 0.25) is 0 Å². The van der Waals surface area contributed by atoms with Crippen molar-refractivity contribution in [2.75, 3.05) is 0 Å². The summed E-state index contributed by atoms with van der Waals surface area (Å²) >= 11 is 3.46. The summed E-state index contributed by atoms with van der Waals surface area (Å²) in [5, 5.41) is 0. The summed E-state index contributed by atoms with van der Waals surface area (Å²) in [4.78, 5) is 0. The standard InChI is InChI=1S/C16H17BrFN/c1-2-16(19,13-6-4-8-15(18)10-13)11-12-5-3-7-14(17)9-12/h3-10H,2,11,19H2,1H3. The maximum atomic E-state index is 13.4. The summed E-state index contributed by atoms with van der Waals surface area (Å²) in [7, 11) is 0. The zero-order valence-electron chi connectivity index (χ0n) is 10.9. The Morgan fingerprint density at radius 2 is 1.89 bits per heavy atom. The van der Waals surface area contributed by atoms with Crippen LogP contribution in [0.25, 0.3) is 0 Å². The van der Waals surface area contributed by atoms with E-state index in [2.05, 4.69) is 22.0 Å². The molecule has 100 valence electrons. The molecule has 0 heterocycles. The first-order chi connectivity index (χ1) is 9.03. The lowest BCUT2D eigenvalue weighted by Crippen LogP contribution is -2.38. The van der Waals surface area contributed by atoms with Crippen LogP contribution in [-0.2, 0) is 12.0 Å². The molecule has 0 aliphatic rings. The third kappa shape index (κ3) is 3.43. The number of hydrogen-bond acceptors (Lipinski definition) is 1. The highest BCUT2D eigenvalue weighted by Gasteiger charge is 2.26. The van der Waals surface area contributed by atoms with Crippen LogP contribution in [0, 0.1) is 5.82 Å². The van der Waals surface area contributed by atoms with Gasteiger partial charge in [-0.2, -0.15) is 0 Å². The minimum atomic E-state index is -0.539. The molecule has 19 heavy (non-hydrogen) atoms. The van der Waals surface area contributed by atoms with Crippen molar-refractivity contribution in [2.45, 2.75) is 25.3 Å². The molecule has 0 fully saturated rings. The molecule has 2 aromatic rings. The van der Waals surface area contributed by atoms with E-state index in [1.165, 1.54) is 12.1 Å². The molecule has 0 aliphatic heterocycles. The number of halogens is 2. The molecule has 2 aromatic carbocycles. The SMILES string of the molecule is CCC(N)(Cc1cccc(Br)c1)c1cccc(F)c1. The molecule has 1 unspecified atom stereocenters. The molecule has 0 aromatic heterocycles. The van der Waals surface area contributed by atoms with Crippen LogP contribution in [0.4, 0.5) is 4.39 Å². The van der Waals surface area contributed by atoms with E-state index in [1.807, 2.05) is 31.2 Å². The number of nitrogens with two attached hydrogens (primary N) is 1. The lowest BCUT2D eigenvalue weighted by molar-refractivity contribution is 0.422. The first-order valence-corrected chi connectivity index (χ1v) is 7.12. The van der Waals surface area contributed by atoms with E-state index >= 15 is 0 Å². The molecule has 2 N–H and O–H groups in total. The van der Waals surface area contributed by atoms with Crippen molar-refractivity contribution >= 4 is 15.9 Å². The number of hydrogen-bond donors (Lipinski definition) is 1. The summed E-state index contributed by atoms with van der Waals surface area (Å²) in [5.74, 6) is -0.241. The highest BCUT2D eigenvalue weighted by molar-refractivity contribution is 9.10. The molecular formula is C16H17BrFN. The van der Waals surface area contributed by atoms with Crippen LogP contribution in [0.1, 0.15) is 24.5 Å². The molecule has 0 aliphatic carbocycles. The minimum absolute atomic E-state index is 0.241. The predicted molar refractivity (Wildman–Crippen MR) is 80.4 cm³/mol. The molecule has 2 rings (SSSR count). The van der Waals surface area contributed by atoms with Gasteiger partial charge in [-0.25, -0.2) is 4.39 Å². The van der Waals surface area contributed by atoms with Crippen molar-refractivity contribution in [1.82, 2.24) is 0 Å². The smallest absolute Gasteiger partial charge is 0.123 e. The minimum Gasteiger partial charge on any atom is -0.321 e. The van der Waals surface area contributed by atoms with Gasteiger partial charge in [-0.05, 0) is 48.2 Å². The van der Waals surface area contributed by atoms with Crippen molar-refractivity contribution < 1.29 is 4.39 Å². The molecule has 0 bridgehead atoms. The first kappa shape index (κ1) is 14.2. The second kappa shape index (κ2) is 5.85. The van der Waals surface area contributed by atoms with Gasteiger partial charge in [-0.15, -0.1) is 0 Å². The molecule has 0 amide bonds. The lowest BCUT2D eigenvalue weighted by atomic mass is 9.82. The van der Waals surface area contributed by atoms with Crippen LogP contribution >= 0.6 is 15.9 Å². The van der Waals surface area contributed by atoms with Gasteiger partial charge in [-0.1, -0.05) is 47.1 Å². The van der Waals surface area contributed by atoms with Crippen molar-refractivity contribution in [3.05, 3.63) is 69.9 Å². The van der Waals surface area contributed by atoms with Crippen molar-refractivity contribution in [1.29, 1.82) is 0 Å².